The predicted molar refractivity (Wildman–Crippen MR) is 80.4 cm³/mol. The molecule has 0 aromatic heterocycles. The van der Waals surface area contributed by atoms with Gasteiger partial charge in [-0.15, -0.1) is 0 Å². The first kappa shape index (κ1) is 14.6. The summed E-state index contributed by atoms with van der Waals surface area (Å²) >= 11 is 0. The van der Waals surface area contributed by atoms with E-state index in [9.17, 15) is 5.11 Å². The van der Waals surface area contributed by atoms with Crippen LogP contribution in [0, 0.1) is 13.8 Å². The van der Waals surface area contributed by atoms with E-state index in [2.05, 4.69) is 6.07 Å². The fraction of sp³-hybridized carbons (Fsp3) is 0.333. The van der Waals surface area contributed by atoms with Crippen molar-refractivity contribution in [2.24, 2.45) is 0 Å². The molecule has 2 aromatic rings. The Morgan fingerprint density at radius 2 is 1.75 bits per heavy atom. The maximum Gasteiger partial charge on any atom is 0.123 e. The summed E-state index contributed by atoms with van der Waals surface area (Å²) in [6.07, 6.45) is 0. The van der Waals surface area contributed by atoms with Crippen molar-refractivity contribution in [3.05, 3.63) is 64.7 Å². The topological polar surface area (TPSA) is 29.1 Å². The summed E-state index contributed by atoms with van der Waals surface area (Å²) in [6, 6.07) is 13.8. The number of benzene rings is 2. The maximum absolute atomic E-state index is 12.2. The third-order valence-electron chi connectivity index (χ3n) is 3.39. The number of aryl methyl sites for hydroxylation is 2. The Bertz CT molecular complexity index is 595. The summed E-state index contributed by atoms with van der Waals surface area (Å²) in [5.41, 5.74) is 2.91. The Labute approximate surface area is 121 Å². The Kier molecular flexibility index (Phi) is 4.15. The van der Waals surface area contributed by atoms with Crippen molar-refractivity contribution in [1.29, 1.82) is 0 Å². The monoisotopic (exact) mass is 269 g/mol. The lowest BCUT2D eigenvalue weighted by Gasteiger charge is -2.20. The third-order valence-corrected chi connectivity index (χ3v) is 3.39. The molecule has 2 heteroatoms. The largest absolute Gasteiger partial charge is 0.489 e. The molecule has 1 radical (unpaired) electrons. The lowest BCUT2D eigenvalue weighted by atomic mass is 9.93. The van der Waals surface area contributed by atoms with Crippen LogP contribution < -0.4 is 4.74 Å². The van der Waals surface area contributed by atoms with Gasteiger partial charge in [-0.25, -0.2) is 5.11 Å². The number of ether oxygens (including phenoxy) is 1. The highest BCUT2D eigenvalue weighted by Gasteiger charge is 2.21. The van der Waals surface area contributed by atoms with Gasteiger partial charge in [-0.3, -0.25) is 0 Å². The molecule has 0 unspecified atom stereocenters. The Morgan fingerprint density at radius 3 is 2.45 bits per heavy atom. The number of hydrogen-bond donors (Lipinski definition) is 0. The smallest absolute Gasteiger partial charge is 0.123 e. The maximum atomic E-state index is 12.2. The quantitative estimate of drug-likeness (QED) is 0.800. The molecule has 105 valence electrons. The fourth-order valence-corrected chi connectivity index (χ4v) is 2.25. The highest BCUT2D eigenvalue weighted by molar-refractivity contribution is 5.37. The van der Waals surface area contributed by atoms with Crippen molar-refractivity contribution in [3.63, 3.8) is 0 Å². The molecule has 0 aliphatic heterocycles. The summed E-state index contributed by atoms with van der Waals surface area (Å²) in [4.78, 5) is 0. The van der Waals surface area contributed by atoms with Crippen molar-refractivity contribution < 1.29 is 9.84 Å². The second-order valence-corrected chi connectivity index (χ2v) is 5.73. The first-order valence-electron chi connectivity index (χ1n) is 6.87. The van der Waals surface area contributed by atoms with Gasteiger partial charge in [-0.05, 0) is 56.0 Å². The van der Waals surface area contributed by atoms with E-state index in [-0.39, 0.29) is 0 Å². The van der Waals surface area contributed by atoms with E-state index >= 15 is 0 Å². The van der Waals surface area contributed by atoms with Crippen LogP contribution in [0.15, 0.2) is 42.5 Å². The molecule has 0 spiro atoms. The average molecular weight is 269 g/mol. The molecule has 0 saturated carbocycles. The van der Waals surface area contributed by atoms with E-state index in [1.54, 1.807) is 13.8 Å². The molecule has 20 heavy (non-hydrogen) atoms. The van der Waals surface area contributed by atoms with Crippen molar-refractivity contribution >= 4 is 0 Å². The second-order valence-electron chi connectivity index (χ2n) is 5.73. The van der Waals surface area contributed by atoms with Crippen LogP contribution in [0.1, 0.15) is 36.1 Å². The van der Waals surface area contributed by atoms with Crippen LogP contribution in [0.25, 0.3) is 0 Å². The van der Waals surface area contributed by atoms with Crippen molar-refractivity contribution in [2.45, 2.75) is 39.9 Å². The van der Waals surface area contributed by atoms with E-state index in [4.69, 9.17) is 4.74 Å². The number of hydrogen-bond acceptors (Lipinski definition) is 1. The minimum atomic E-state index is -1.11. The first-order valence-corrected chi connectivity index (χ1v) is 6.87. The van der Waals surface area contributed by atoms with Gasteiger partial charge in [-0.2, -0.15) is 0 Å². The average Bonchev–Trinajstić information content (AvgIpc) is 2.39. The Hall–Kier alpha value is -1.80. The summed E-state index contributed by atoms with van der Waals surface area (Å²) in [6.45, 7) is 7.86. The molecule has 0 fully saturated rings. The van der Waals surface area contributed by atoms with E-state index in [1.807, 2.05) is 50.2 Å². The molecule has 0 amide bonds. The van der Waals surface area contributed by atoms with Crippen LogP contribution in [0.3, 0.4) is 0 Å². The van der Waals surface area contributed by atoms with Gasteiger partial charge in [0.2, 0.25) is 0 Å². The molecule has 2 rings (SSSR count). The summed E-state index contributed by atoms with van der Waals surface area (Å²) in [5, 5.41) is 12.2. The van der Waals surface area contributed by atoms with Gasteiger partial charge in [0.1, 0.15) is 18.0 Å². The van der Waals surface area contributed by atoms with Gasteiger partial charge in [0.05, 0.1) is 0 Å². The van der Waals surface area contributed by atoms with Gasteiger partial charge in [-0.1, -0.05) is 36.4 Å². The molecule has 0 aliphatic carbocycles. The molecular formula is C18H21O2. The lowest BCUT2D eigenvalue weighted by molar-refractivity contribution is -0.00153. The van der Waals surface area contributed by atoms with E-state index in [1.165, 1.54) is 5.56 Å². The first-order chi connectivity index (χ1) is 9.38. The molecule has 0 saturated heterocycles. The molecule has 2 nitrogen and oxygen atoms in total. The third kappa shape index (κ3) is 3.40. The molecule has 0 N–H and O–H groups in total. The summed E-state index contributed by atoms with van der Waals surface area (Å²) in [5.74, 6) is 0.878. The van der Waals surface area contributed by atoms with Crippen molar-refractivity contribution in [1.82, 2.24) is 0 Å². The highest BCUT2D eigenvalue weighted by Crippen LogP contribution is 2.26. The predicted octanol–water partition coefficient (Wildman–Crippen LogP) is 4.55. The lowest BCUT2D eigenvalue weighted by Crippen LogP contribution is -2.17. The van der Waals surface area contributed by atoms with Crippen molar-refractivity contribution in [2.75, 3.05) is 0 Å². The van der Waals surface area contributed by atoms with Gasteiger partial charge in [0, 0.05) is 0 Å². The highest BCUT2D eigenvalue weighted by atomic mass is 16.5. The number of rotatable bonds is 4. The van der Waals surface area contributed by atoms with Crippen LogP contribution >= 0.6 is 0 Å². The standard InChI is InChI=1S/C18H21O2/c1-13-9-10-14(2)17(11-13)20-12-15-7-5-6-8-16(15)18(3,4)19/h5-11H,12H2,1-4H3. The minimum Gasteiger partial charge on any atom is -0.489 e. The van der Waals surface area contributed by atoms with Gasteiger partial charge in [0.25, 0.3) is 0 Å². The van der Waals surface area contributed by atoms with Crippen LogP contribution in [-0.2, 0) is 17.3 Å². The van der Waals surface area contributed by atoms with Gasteiger partial charge >= 0.3 is 0 Å². The minimum absolute atomic E-state index is 0.423. The zero-order chi connectivity index (χ0) is 14.8. The van der Waals surface area contributed by atoms with E-state index < -0.39 is 5.60 Å². The van der Waals surface area contributed by atoms with Crippen LogP contribution in [0.2, 0.25) is 0 Å². The Balaban J connectivity index is 2.21. The SMILES string of the molecule is Cc1ccc(C)c(OCc2ccccc2C(C)(C)[O])c1. The van der Waals surface area contributed by atoms with Crippen LogP contribution in [0.4, 0.5) is 0 Å². The van der Waals surface area contributed by atoms with E-state index in [0.717, 1.165) is 22.4 Å². The van der Waals surface area contributed by atoms with Crippen LogP contribution in [0.5, 0.6) is 5.75 Å². The second kappa shape index (κ2) is 5.68. The Morgan fingerprint density at radius 1 is 1.05 bits per heavy atom. The zero-order valence-corrected chi connectivity index (χ0v) is 12.6. The van der Waals surface area contributed by atoms with Gasteiger partial charge < -0.3 is 4.74 Å². The zero-order valence-electron chi connectivity index (χ0n) is 12.6. The summed E-state index contributed by atoms with van der Waals surface area (Å²) < 4.78 is 5.90. The molecule has 0 bridgehead atoms. The van der Waals surface area contributed by atoms with Crippen LogP contribution in [-0.4, -0.2) is 0 Å². The van der Waals surface area contributed by atoms with Crippen molar-refractivity contribution in [3.8, 4) is 5.75 Å². The van der Waals surface area contributed by atoms with Gasteiger partial charge in [0.15, 0.2) is 0 Å². The molecule has 0 heterocycles. The summed E-state index contributed by atoms with van der Waals surface area (Å²) in [7, 11) is 0. The fourth-order valence-electron chi connectivity index (χ4n) is 2.25. The van der Waals surface area contributed by atoms with E-state index in [0.29, 0.717) is 6.61 Å². The normalized spacial score (nSPS) is 11.4. The molecule has 0 atom stereocenters. The molecule has 2 aromatic carbocycles. The molecule has 0 aliphatic rings. The molecular weight excluding hydrogens is 248 g/mol.